The lowest BCUT2D eigenvalue weighted by Crippen LogP contribution is -2.52. The molecule has 1 aliphatic rings. The number of hydrogen-bond acceptors (Lipinski definition) is 3. The van der Waals surface area contributed by atoms with Crippen LogP contribution in [0, 0.1) is 0 Å². The van der Waals surface area contributed by atoms with Crippen LogP contribution < -0.4 is 5.32 Å². The number of alkyl halides is 3. The number of rotatable bonds is 7. The minimum absolute atomic E-state index is 0.462. The second-order valence-corrected chi connectivity index (χ2v) is 5.24. The first kappa shape index (κ1) is 16.7. The Morgan fingerprint density at radius 1 is 1.05 bits per heavy atom. The summed E-state index contributed by atoms with van der Waals surface area (Å²) in [5.74, 6) is 0. The van der Waals surface area contributed by atoms with Crippen molar-refractivity contribution in [3.05, 3.63) is 0 Å². The summed E-state index contributed by atoms with van der Waals surface area (Å²) in [6, 6.07) is 0.462. The van der Waals surface area contributed by atoms with Crippen molar-refractivity contribution in [3.63, 3.8) is 0 Å². The maximum Gasteiger partial charge on any atom is 0.401 e. The van der Waals surface area contributed by atoms with Gasteiger partial charge in [0.2, 0.25) is 0 Å². The number of piperazine rings is 1. The van der Waals surface area contributed by atoms with E-state index in [1.807, 2.05) is 0 Å². The van der Waals surface area contributed by atoms with Crippen LogP contribution in [-0.4, -0.2) is 67.8 Å². The standard InChI is InChI=1S/C13H26F3N3/c1-3-5-12(17-4-2)10-18-6-8-19(9-7-18)11-13(14,15)16/h12,17H,3-11H2,1-2H3. The normalized spacial score (nSPS) is 20.7. The summed E-state index contributed by atoms with van der Waals surface area (Å²) in [5, 5.41) is 3.45. The Morgan fingerprint density at radius 3 is 2.11 bits per heavy atom. The fourth-order valence-corrected chi connectivity index (χ4v) is 2.59. The lowest BCUT2D eigenvalue weighted by atomic mass is 10.1. The van der Waals surface area contributed by atoms with Gasteiger partial charge in [0.05, 0.1) is 6.54 Å². The van der Waals surface area contributed by atoms with Gasteiger partial charge in [0.25, 0.3) is 0 Å². The molecule has 0 aromatic rings. The highest BCUT2D eigenvalue weighted by atomic mass is 19.4. The third-order valence-electron chi connectivity index (χ3n) is 3.48. The minimum Gasteiger partial charge on any atom is -0.313 e. The second kappa shape index (κ2) is 8.07. The molecule has 0 aromatic heterocycles. The van der Waals surface area contributed by atoms with E-state index >= 15 is 0 Å². The highest BCUT2D eigenvalue weighted by Crippen LogP contribution is 2.17. The lowest BCUT2D eigenvalue weighted by Gasteiger charge is -2.36. The van der Waals surface area contributed by atoms with Crippen molar-refractivity contribution in [2.75, 3.05) is 45.8 Å². The van der Waals surface area contributed by atoms with E-state index in [0.717, 1.165) is 39.0 Å². The van der Waals surface area contributed by atoms with Crippen LogP contribution in [-0.2, 0) is 0 Å². The Balaban J connectivity index is 2.28. The molecule has 3 nitrogen and oxygen atoms in total. The molecule has 0 aliphatic carbocycles. The van der Waals surface area contributed by atoms with E-state index in [-0.39, 0.29) is 0 Å². The predicted octanol–water partition coefficient (Wildman–Crippen LogP) is 1.94. The van der Waals surface area contributed by atoms with Crippen LogP contribution in [0.25, 0.3) is 0 Å². The molecule has 0 aromatic carbocycles. The zero-order valence-corrected chi connectivity index (χ0v) is 12.0. The van der Waals surface area contributed by atoms with Crippen LogP contribution >= 0.6 is 0 Å². The molecule has 0 amide bonds. The number of likely N-dealkylation sites (N-methyl/N-ethyl adjacent to an activating group) is 1. The average molecular weight is 281 g/mol. The first-order valence-corrected chi connectivity index (χ1v) is 7.19. The van der Waals surface area contributed by atoms with Crippen molar-refractivity contribution in [1.29, 1.82) is 0 Å². The van der Waals surface area contributed by atoms with E-state index < -0.39 is 12.7 Å². The van der Waals surface area contributed by atoms with Crippen LogP contribution in [0.15, 0.2) is 0 Å². The molecule has 6 heteroatoms. The van der Waals surface area contributed by atoms with Crippen LogP contribution in [0.3, 0.4) is 0 Å². The van der Waals surface area contributed by atoms with E-state index in [0.29, 0.717) is 19.1 Å². The third-order valence-corrected chi connectivity index (χ3v) is 3.48. The van der Waals surface area contributed by atoms with E-state index in [1.54, 1.807) is 0 Å². The Morgan fingerprint density at radius 2 is 1.63 bits per heavy atom. The van der Waals surface area contributed by atoms with Crippen molar-refractivity contribution >= 4 is 0 Å². The summed E-state index contributed by atoms with van der Waals surface area (Å²) >= 11 is 0. The summed E-state index contributed by atoms with van der Waals surface area (Å²) in [7, 11) is 0. The van der Waals surface area contributed by atoms with Gasteiger partial charge in [0, 0.05) is 38.8 Å². The molecular formula is C13H26F3N3. The van der Waals surface area contributed by atoms with E-state index in [1.165, 1.54) is 4.90 Å². The van der Waals surface area contributed by atoms with Gasteiger partial charge >= 0.3 is 6.18 Å². The zero-order valence-electron chi connectivity index (χ0n) is 12.0. The molecule has 0 radical (unpaired) electrons. The highest BCUT2D eigenvalue weighted by molar-refractivity contribution is 4.78. The SMILES string of the molecule is CCCC(CN1CCN(CC(F)(F)F)CC1)NCC. The number of nitrogens with zero attached hydrogens (tertiary/aromatic N) is 2. The second-order valence-electron chi connectivity index (χ2n) is 5.24. The monoisotopic (exact) mass is 281 g/mol. The molecule has 1 heterocycles. The van der Waals surface area contributed by atoms with Crippen LogP contribution in [0.1, 0.15) is 26.7 Å². The van der Waals surface area contributed by atoms with Crippen molar-refractivity contribution in [2.24, 2.45) is 0 Å². The average Bonchev–Trinajstić information content (AvgIpc) is 2.30. The van der Waals surface area contributed by atoms with E-state index in [4.69, 9.17) is 0 Å². The molecule has 0 spiro atoms. The Hall–Kier alpha value is -0.330. The van der Waals surface area contributed by atoms with E-state index in [9.17, 15) is 13.2 Å². The van der Waals surface area contributed by atoms with Crippen LogP contribution in [0.2, 0.25) is 0 Å². The molecule has 19 heavy (non-hydrogen) atoms. The minimum atomic E-state index is -4.07. The number of hydrogen-bond donors (Lipinski definition) is 1. The van der Waals surface area contributed by atoms with Gasteiger partial charge in [-0.25, -0.2) is 0 Å². The maximum absolute atomic E-state index is 12.3. The fraction of sp³-hybridized carbons (Fsp3) is 1.00. The molecule has 1 rings (SSSR count). The van der Waals surface area contributed by atoms with Gasteiger partial charge in [0.15, 0.2) is 0 Å². The predicted molar refractivity (Wildman–Crippen MR) is 71.3 cm³/mol. The van der Waals surface area contributed by atoms with Gasteiger partial charge in [0.1, 0.15) is 0 Å². The molecule has 1 unspecified atom stereocenters. The number of nitrogens with one attached hydrogen (secondary N) is 1. The third kappa shape index (κ3) is 7.13. The Labute approximate surface area is 114 Å². The number of halogens is 3. The van der Waals surface area contributed by atoms with Gasteiger partial charge in [-0.05, 0) is 13.0 Å². The van der Waals surface area contributed by atoms with Gasteiger partial charge in [-0.2, -0.15) is 13.2 Å². The van der Waals surface area contributed by atoms with Crippen molar-refractivity contribution in [3.8, 4) is 0 Å². The quantitative estimate of drug-likeness (QED) is 0.769. The van der Waals surface area contributed by atoms with Crippen LogP contribution in [0.5, 0.6) is 0 Å². The molecule has 1 atom stereocenters. The Bertz CT molecular complexity index is 232. The first-order chi connectivity index (χ1) is 8.94. The summed E-state index contributed by atoms with van der Waals surface area (Å²) in [4.78, 5) is 3.77. The fourth-order valence-electron chi connectivity index (χ4n) is 2.59. The topological polar surface area (TPSA) is 18.5 Å². The lowest BCUT2D eigenvalue weighted by molar-refractivity contribution is -0.149. The van der Waals surface area contributed by atoms with Gasteiger partial charge < -0.3 is 5.32 Å². The summed E-state index contributed by atoms with van der Waals surface area (Å²) in [6.45, 7) is 7.88. The van der Waals surface area contributed by atoms with Crippen LogP contribution in [0.4, 0.5) is 13.2 Å². The van der Waals surface area contributed by atoms with E-state index in [2.05, 4.69) is 24.1 Å². The highest BCUT2D eigenvalue weighted by Gasteiger charge is 2.32. The maximum atomic E-state index is 12.3. The summed E-state index contributed by atoms with van der Waals surface area (Å²) in [6.07, 6.45) is -1.82. The molecule has 1 saturated heterocycles. The largest absolute Gasteiger partial charge is 0.401 e. The first-order valence-electron chi connectivity index (χ1n) is 7.19. The zero-order chi connectivity index (χ0) is 14.3. The van der Waals surface area contributed by atoms with Crippen molar-refractivity contribution in [2.45, 2.75) is 38.9 Å². The molecule has 1 N–H and O–H groups in total. The molecule has 114 valence electrons. The van der Waals surface area contributed by atoms with Gasteiger partial charge in [-0.1, -0.05) is 20.3 Å². The Kier molecular flexibility index (Phi) is 7.10. The molecule has 0 saturated carbocycles. The molecule has 0 bridgehead atoms. The summed E-state index contributed by atoms with van der Waals surface area (Å²) < 4.78 is 36.8. The summed E-state index contributed by atoms with van der Waals surface area (Å²) in [5.41, 5.74) is 0. The van der Waals surface area contributed by atoms with Crippen molar-refractivity contribution in [1.82, 2.24) is 15.1 Å². The molecular weight excluding hydrogens is 255 g/mol. The van der Waals surface area contributed by atoms with Crippen molar-refractivity contribution < 1.29 is 13.2 Å². The molecule has 1 fully saturated rings. The smallest absolute Gasteiger partial charge is 0.313 e. The molecule has 1 aliphatic heterocycles. The van der Waals surface area contributed by atoms with Gasteiger partial charge in [-0.3, -0.25) is 9.80 Å². The van der Waals surface area contributed by atoms with Gasteiger partial charge in [-0.15, -0.1) is 0 Å².